The summed E-state index contributed by atoms with van der Waals surface area (Å²) in [6.07, 6.45) is 3.51. The van der Waals surface area contributed by atoms with Crippen LogP contribution in [0.3, 0.4) is 0 Å². The number of nitrogens with one attached hydrogen (secondary N) is 1. The van der Waals surface area contributed by atoms with Gasteiger partial charge in [0.05, 0.1) is 0 Å². The number of hydrogen-bond acceptors (Lipinski definition) is 3. The fraction of sp³-hybridized carbons (Fsp3) is 0.500. The maximum absolute atomic E-state index is 5.81. The number of aromatic nitrogens is 1. The van der Waals surface area contributed by atoms with Crippen LogP contribution >= 0.6 is 0 Å². The summed E-state index contributed by atoms with van der Waals surface area (Å²) >= 11 is 0. The molecule has 1 N–H and O–H groups in total. The molecular formula is C14H18N2O. The minimum Gasteiger partial charge on any atom is -0.441 e. The van der Waals surface area contributed by atoms with Crippen LogP contribution in [-0.2, 0) is 6.42 Å². The van der Waals surface area contributed by atoms with Crippen LogP contribution < -0.4 is 5.32 Å². The maximum atomic E-state index is 5.81. The van der Waals surface area contributed by atoms with Crippen molar-refractivity contribution in [3.8, 4) is 0 Å². The van der Waals surface area contributed by atoms with Gasteiger partial charge in [-0.05, 0) is 56.5 Å². The number of benzene rings is 1. The summed E-state index contributed by atoms with van der Waals surface area (Å²) in [5, 5.41) is 3.43. The zero-order valence-electron chi connectivity index (χ0n) is 10.2. The third kappa shape index (κ3) is 2.34. The third-order valence-corrected chi connectivity index (χ3v) is 3.45. The summed E-state index contributed by atoms with van der Waals surface area (Å²) in [6, 6.07) is 6.18. The number of oxazole rings is 1. The zero-order valence-corrected chi connectivity index (χ0v) is 10.2. The molecular weight excluding hydrogens is 212 g/mol. The van der Waals surface area contributed by atoms with E-state index in [2.05, 4.69) is 29.4 Å². The highest BCUT2D eigenvalue weighted by atomic mass is 16.3. The molecule has 1 aromatic heterocycles. The zero-order chi connectivity index (χ0) is 11.7. The van der Waals surface area contributed by atoms with E-state index in [1.54, 1.807) is 0 Å². The summed E-state index contributed by atoms with van der Waals surface area (Å²) < 4.78 is 5.81. The largest absolute Gasteiger partial charge is 0.441 e. The standard InChI is InChI=1S/C14H18N2O/c1-10-4-5-12-13(7-10)17-14(16-12)8-11-3-2-6-15-9-11/h4-5,7,11,15H,2-3,6,8-9H2,1H3. The van der Waals surface area contributed by atoms with Crippen molar-refractivity contribution >= 4 is 11.1 Å². The molecule has 0 amide bonds. The highest BCUT2D eigenvalue weighted by Gasteiger charge is 2.16. The van der Waals surface area contributed by atoms with E-state index >= 15 is 0 Å². The Morgan fingerprint density at radius 1 is 1.47 bits per heavy atom. The van der Waals surface area contributed by atoms with E-state index in [0.29, 0.717) is 5.92 Å². The van der Waals surface area contributed by atoms with E-state index < -0.39 is 0 Å². The van der Waals surface area contributed by atoms with E-state index in [0.717, 1.165) is 36.5 Å². The Balaban J connectivity index is 1.80. The van der Waals surface area contributed by atoms with Crippen molar-refractivity contribution in [1.29, 1.82) is 0 Å². The quantitative estimate of drug-likeness (QED) is 0.862. The van der Waals surface area contributed by atoms with Crippen LogP contribution in [0.25, 0.3) is 11.1 Å². The summed E-state index contributed by atoms with van der Waals surface area (Å²) in [7, 11) is 0. The summed E-state index contributed by atoms with van der Waals surface area (Å²) in [5.74, 6) is 1.57. The molecule has 1 atom stereocenters. The number of nitrogens with zero attached hydrogens (tertiary/aromatic N) is 1. The minimum absolute atomic E-state index is 0.679. The topological polar surface area (TPSA) is 38.1 Å². The maximum Gasteiger partial charge on any atom is 0.195 e. The van der Waals surface area contributed by atoms with Gasteiger partial charge in [0.15, 0.2) is 11.5 Å². The number of rotatable bonds is 2. The van der Waals surface area contributed by atoms with Gasteiger partial charge < -0.3 is 9.73 Å². The van der Waals surface area contributed by atoms with E-state index in [1.165, 1.54) is 18.4 Å². The molecule has 1 aliphatic rings. The lowest BCUT2D eigenvalue weighted by molar-refractivity contribution is 0.349. The smallest absolute Gasteiger partial charge is 0.195 e. The van der Waals surface area contributed by atoms with Crippen LogP contribution in [-0.4, -0.2) is 18.1 Å². The molecule has 3 heteroatoms. The van der Waals surface area contributed by atoms with Crippen molar-refractivity contribution in [2.75, 3.05) is 13.1 Å². The first-order valence-corrected chi connectivity index (χ1v) is 6.38. The highest BCUT2D eigenvalue weighted by molar-refractivity contribution is 5.73. The van der Waals surface area contributed by atoms with Crippen LogP contribution in [0.2, 0.25) is 0 Å². The van der Waals surface area contributed by atoms with Gasteiger partial charge in [-0.15, -0.1) is 0 Å². The Hall–Kier alpha value is -1.35. The van der Waals surface area contributed by atoms with Gasteiger partial charge in [0.1, 0.15) is 5.52 Å². The average Bonchev–Trinajstić information content (AvgIpc) is 2.71. The van der Waals surface area contributed by atoms with Gasteiger partial charge >= 0.3 is 0 Å². The molecule has 1 aliphatic heterocycles. The Bertz CT molecular complexity index is 512. The Labute approximate surface area is 101 Å². The first-order valence-electron chi connectivity index (χ1n) is 6.38. The Morgan fingerprint density at radius 2 is 2.41 bits per heavy atom. The predicted molar refractivity (Wildman–Crippen MR) is 68.0 cm³/mol. The van der Waals surface area contributed by atoms with Gasteiger partial charge in [-0.3, -0.25) is 0 Å². The number of aryl methyl sites for hydroxylation is 1. The van der Waals surface area contributed by atoms with Gasteiger partial charge in [0.2, 0.25) is 0 Å². The second-order valence-electron chi connectivity index (χ2n) is 5.00. The molecule has 2 heterocycles. The van der Waals surface area contributed by atoms with Gasteiger partial charge in [-0.2, -0.15) is 0 Å². The van der Waals surface area contributed by atoms with E-state index in [9.17, 15) is 0 Å². The predicted octanol–water partition coefficient (Wildman–Crippen LogP) is 2.68. The number of piperidine rings is 1. The minimum atomic E-state index is 0.679. The molecule has 0 bridgehead atoms. The monoisotopic (exact) mass is 230 g/mol. The lowest BCUT2D eigenvalue weighted by Crippen LogP contribution is -2.30. The summed E-state index contributed by atoms with van der Waals surface area (Å²) in [6.45, 7) is 4.33. The number of fused-ring (bicyclic) bond motifs is 1. The molecule has 0 spiro atoms. The summed E-state index contributed by atoms with van der Waals surface area (Å²) in [4.78, 5) is 4.55. The molecule has 3 nitrogen and oxygen atoms in total. The molecule has 0 saturated carbocycles. The molecule has 0 aliphatic carbocycles. The van der Waals surface area contributed by atoms with Crippen molar-refractivity contribution in [2.45, 2.75) is 26.2 Å². The van der Waals surface area contributed by atoms with Crippen molar-refractivity contribution in [2.24, 2.45) is 5.92 Å². The molecule has 2 aromatic rings. The molecule has 1 fully saturated rings. The Morgan fingerprint density at radius 3 is 3.24 bits per heavy atom. The van der Waals surface area contributed by atoms with Crippen LogP contribution in [0.4, 0.5) is 0 Å². The van der Waals surface area contributed by atoms with Crippen LogP contribution in [0.5, 0.6) is 0 Å². The van der Waals surface area contributed by atoms with Crippen molar-refractivity contribution in [3.63, 3.8) is 0 Å². The van der Waals surface area contributed by atoms with Crippen molar-refractivity contribution in [1.82, 2.24) is 10.3 Å². The van der Waals surface area contributed by atoms with E-state index in [4.69, 9.17) is 4.42 Å². The highest BCUT2D eigenvalue weighted by Crippen LogP contribution is 2.21. The van der Waals surface area contributed by atoms with Crippen LogP contribution in [0, 0.1) is 12.8 Å². The first-order chi connectivity index (χ1) is 8.31. The molecule has 0 radical (unpaired) electrons. The van der Waals surface area contributed by atoms with Gasteiger partial charge in [-0.25, -0.2) is 4.98 Å². The molecule has 17 heavy (non-hydrogen) atoms. The SMILES string of the molecule is Cc1ccc2nc(CC3CCCNC3)oc2c1. The lowest BCUT2D eigenvalue weighted by Gasteiger charge is -2.21. The van der Waals surface area contributed by atoms with Crippen molar-refractivity contribution < 1.29 is 4.42 Å². The summed E-state index contributed by atoms with van der Waals surface area (Å²) in [5.41, 5.74) is 3.12. The fourth-order valence-electron chi connectivity index (χ4n) is 2.51. The molecule has 90 valence electrons. The molecule has 1 aromatic carbocycles. The van der Waals surface area contributed by atoms with E-state index in [1.807, 2.05) is 6.07 Å². The molecule has 3 rings (SSSR count). The van der Waals surface area contributed by atoms with Crippen molar-refractivity contribution in [3.05, 3.63) is 29.7 Å². The Kier molecular flexibility index (Phi) is 2.85. The van der Waals surface area contributed by atoms with Gasteiger partial charge in [-0.1, -0.05) is 6.07 Å². The second-order valence-corrected chi connectivity index (χ2v) is 5.00. The molecule has 1 saturated heterocycles. The first kappa shape index (κ1) is 10.8. The number of hydrogen-bond donors (Lipinski definition) is 1. The van der Waals surface area contributed by atoms with Crippen LogP contribution in [0.1, 0.15) is 24.3 Å². The normalized spacial score (nSPS) is 20.9. The lowest BCUT2D eigenvalue weighted by atomic mass is 9.96. The molecule has 1 unspecified atom stereocenters. The van der Waals surface area contributed by atoms with Crippen LogP contribution in [0.15, 0.2) is 22.6 Å². The average molecular weight is 230 g/mol. The fourth-order valence-corrected chi connectivity index (χ4v) is 2.51. The third-order valence-electron chi connectivity index (χ3n) is 3.45. The van der Waals surface area contributed by atoms with Gasteiger partial charge in [0, 0.05) is 6.42 Å². The second kappa shape index (κ2) is 4.49. The van der Waals surface area contributed by atoms with E-state index in [-0.39, 0.29) is 0 Å². The van der Waals surface area contributed by atoms with Gasteiger partial charge in [0.25, 0.3) is 0 Å².